The van der Waals surface area contributed by atoms with Gasteiger partial charge in [0, 0.05) is 24.9 Å². The second-order valence-electron chi connectivity index (χ2n) is 6.22. The highest BCUT2D eigenvalue weighted by Gasteiger charge is 2.20. The van der Waals surface area contributed by atoms with Crippen LogP contribution in [0.25, 0.3) is 0 Å². The highest BCUT2D eigenvalue weighted by Crippen LogP contribution is 2.31. The normalized spacial score (nSPS) is 10.6. The number of anilines is 2. The summed E-state index contributed by atoms with van der Waals surface area (Å²) in [5.41, 5.74) is -0.0724. The van der Waals surface area contributed by atoms with Gasteiger partial charge >= 0.3 is 0 Å². The predicted octanol–water partition coefficient (Wildman–Crippen LogP) is 2.25. The van der Waals surface area contributed by atoms with Gasteiger partial charge in [0.05, 0.1) is 44.5 Å². The van der Waals surface area contributed by atoms with E-state index in [-0.39, 0.29) is 47.5 Å². The van der Waals surface area contributed by atoms with Crippen molar-refractivity contribution in [3.05, 3.63) is 64.3 Å². The number of benzene rings is 1. The minimum atomic E-state index is -0.891. The maximum atomic E-state index is 14.4. The predicted molar refractivity (Wildman–Crippen MR) is 107 cm³/mol. The van der Waals surface area contributed by atoms with Crippen LogP contribution in [0.1, 0.15) is 5.56 Å². The number of aliphatic hydroxyl groups is 1. The Kier molecular flexibility index (Phi) is 6.98. The molecule has 3 rings (SSSR count). The third kappa shape index (κ3) is 5.07. The second-order valence-corrected chi connectivity index (χ2v) is 6.22. The Labute approximate surface area is 175 Å². The largest absolute Gasteiger partial charge is 0.494 e. The van der Waals surface area contributed by atoms with Gasteiger partial charge in [-0.3, -0.25) is 4.79 Å². The number of hydrogen-bond acceptors (Lipinski definition) is 8. The lowest BCUT2D eigenvalue weighted by Gasteiger charge is -2.13. The molecule has 2 N–H and O–H groups in total. The second kappa shape index (κ2) is 9.85. The fourth-order valence-corrected chi connectivity index (χ4v) is 2.69. The third-order valence-electron chi connectivity index (χ3n) is 4.26. The van der Waals surface area contributed by atoms with Crippen molar-refractivity contribution in [1.29, 1.82) is 0 Å². The van der Waals surface area contributed by atoms with Crippen LogP contribution in [0.2, 0.25) is 0 Å². The molecule has 0 amide bonds. The highest BCUT2D eigenvalue weighted by atomic mass is 19.1. The molecule has 0 radical (unpaired) electrons. The number of aromatic nitrogens is 3. The van der Waals surface area contributed by atoms with Gasteiger partial charge in [-0.1, -0.05) is 0 Å². The first-order valence-corrected chi connectivity index (χ1v) is 9.09. The van der Waals surface area contributed by atoms with Crippen molar-refractivity contribution >= 4 is 11.6 Å². The molecule has 0 saturated carbocycles. The van der Waals surface area contributed by atoms with E-state index >= 15 is 0 Å². The van der Waals surface area contributed by atoms with Crippen LogP contribution >= 0.6 is 0 Å². The monoisotopic (exact) mass is 434 g/mol. The fourth-order valence-electron chi connectivity index (χ4n) is 2.69. The van der Waals surface area contributed by atoms with E-state index < -0.39 is 18.2 Å². The maximum absolute atomic E-state index is 14.4. The number of rotatable bonds is 9. The van der Waals surface area contributed by atoms with Gasteiger partial charge in [0.1, 0.15) is 6.61 Å². The topological polar surface area (TPSA) is 108 Å². The lowest BCUT2D eigenvalue weighted by Crippen LogP contribution is -2.20. The van der Waals surface area contributed by atoms with Gasteiger partial charge in [-0.2, -0.15) is 0 Å². The first-order valence-electron chi connectivity index (χ1n) is 9.09. The van der Waals surface area contributed by atoms with E-state index in [1.54, 1.807) is 6.07 Å². The van der Waals surface area contributed by atoms with Crippen LogP contribution in [0.3, 0.4) is 0 Å². The molecule has 0 spiro atoms. The van der Waals surface area contributed by atoms with Gasteiger partial charge in [-0.25, -0.2) is 18.7 Å². The molecule has 9 nitrogen and oxygen atoms in total. The first kappa shape index (κ1) is 22.0. The highest BCUT2D eigenvalue weighted by molar-refractivity contribution is 5.51. The standard InChI is InChI=1S/C20H20F2N4O5/c1-29-15-7-16(30-2)19(22)14(18(15)21)11-31-13-8-23-20(24-9-13)25-12-3-4-17(28)26(10-12)5-6-27/h3-4,7-10,27H,5-6,11H2,1-2H3,(H,23,24,25). The van der Waals surface area contributed by atoms with Gasteiger partial charge in [0.15, 0.2) is 28.9 Å². The Morgan fingerprint density at radius 2 is 1.74 bits per heavy atom. The minimum Gasteiger partial charge on any atom is -0.494 e. The molecule has 0 unspecified atom stereocenters. The average Bonchev–Trinajstić information content (AvgIpc) is 2.77. The molecule has 0 aliphatic carbocycles. The summed E-state index contributed by atoms with van der Waals surface area (Å²) in [5, 5.41) is 11.9. The third-order valence-corrected chi connectivity index (χ3v) is 4.26. The Bertz CT molecular complexity index is 1080. The first-order chi connectivity index (χ1) is 15.0. The van der Waals surface area contributed by atoms with Crippen molar-refractivity contribution in [3.63, 3.8) is 0 Å². The van der Waals surface area contributed by atoms with E-state index in [1.165, 1.54) is 43.4 Å². The Balaban J connectivity index is 1.71. The number of nitrogens with one attached hydrogen (secondary N) is 1. The smallest absolute Gasteiger partial charge is 0.250 e. The molecule has 0 aliphatic rings. The molecule has 3 aromatic rings. The fraction of sp³-hybridized carbons (Fsp3) is 0.250. The van der Waals surface area contributed by atoms with Crippen molar-refractivity contribution in [2.24, 2.45) is 0 Å². The van der Waals surface area contributed by atoms with Gasteiger partial charge in [-0.05, 0) is 6.07 Å². The van der Waals surface area contributed by atoms with Gasteiger partial charge in [0.2, 0.25) is 5.95 Å². The zero-order valence-corrected chi connectivity index (χ0v) is 16.8. The minimum absolute atomic E-state index is 0.157. The van der Waals surface area contributed by atoms with Crippen LogP contribution in [-0.4, -0.2) is 40.5 Å². The van der Waals surface area contributed by atoms with E-state index in [9.17, 15) is 13.6 Å². The number of pyridine rings is 1. The summed E-state index contributed by atoms with van der Waals surface area (Å²) < 4.78 is 45.3. The van der Waals surface area contributed by atoms with E-state index in [0.29, 0.717) is 5.69 Å². The molecule has 0 saturated heterocycles. The molecule has 11 heteroatoms. The Hall–Kier alpha value is -3.73. The van der Waals surface area contributed by atoms with E-state index in [0.717, 1.165) is 6.07 Å². The molecular weight excluding hydrogens is 414 g/mol. The van der Waals surface area contributed by atoms with Crippen LogP contribution in [0.5, 0.6) is 17.2 Å². The van der Waals surface area contributed by atoms with Crippen molar-refractivity contribution in [3.8, 4) is 17.2 Å². The molecule has 2 heterocycles. The molecule has 31 heavy (non-hydrogen) atoms. The van der Waals surface area contributed by atoms with E-state index in [2.05, 4.69) is 15.3 Å². The molecule has 0 aliphatic heterocycles. The van der Waals surface area contributed by atoms with Crippen LogP contribution < -0.4 is 25.1 Å². The van der Waals surface area contributed by atoms with Crippen molar-refractivity contribution in [2.45, 2.75) is 13.2 Å². The number of ether oxygens (including phenoxy) is 3. The lowest BCUT2D eigenvalue weighted by atomic mass is 10.1. The number of methoxy groups -OCH3 is 2. The Morgan fingerprint density at radius 3 is 2.32 bits per heavy atom. The van der Waals surface area contributed by atoms with Crippen molar-refractivity contribution < 1.29 is 28.1 Å². The van der Waals surface area contributed by atoms with Crippen LogP contribution in [0.15, 0.2) is 41.6 Å². The summed E-state index contributed by atoms with van der Waals surface area (Å²) in [5.74, 6) is -1.74. The zero-order chi connectivity index (χ0) is 22.4. The molecule has 164 valence electrons. The van der Waals surface area contributed by atoms with E-state index in [1.807, 2.05) is 0 Å². The van der Waals surface area contributed by atoms with E-state index in [4.69, 9.17) is 19.3 Å². The summed E-state index contributed by atoms with van der Waals surface area (Å²) in [6.45, 7) is -0.454. The SMILES string of the molecule is COc1cc(OC)c(F)c(COc2cnc(Nc3ccc(=O)n(CCO)c3)nc2)c1F. The maximum Gasteiger partial charge on any atom is 0.250 e. The summed E-state index contributed by atoms with van der Waals surface area (Å²) in [4.78, 5) is 19.8. The number of nitrogens with zero attached hydrogens (tertiary/aromatic N) is 3. The van der Waals surface area contributed by atoms with Crippen molar-refractivity contribution in [1.82, 2.24) is 14.5 Å². The van der Waals surface area contributed by atoms with Crippen LogP contribution in [0, 0.1) is 11.6 Å². The van der Waals surface area contributed by atoms with Gasteiger partial charge in [-0.15, -0.1) is 0 Å². The molecule has 0 bridgehead atoms. The number of aliphatic hydroxyl groups excluding tert-OH is 1. The number of hydrogen-bond donors (Lipinski definition) is 2. The van der Waals surface area contributed by atoms with Crippen molar-refractivity contribution in [2.75, 3.05) is 26.1 Å². The summed E-state index contributed by atoms with van der Waals surface area (Å²) in [6, 6.07) is 4.01. The molecule has 1 aromatic carbocycles. The lowest BCUT2D eigenvalue weighted by molar-refractivity contribution is 0.274. The molecule has 0 atom stereocenters. The number of halogens is 2. The zero-order valence-electron chi connectivity index (χ0n) is 16.8. The summed E-state index contributed by atoms with van der Waals surface area (Å²) in [7, 11) is 2.52. The summed E-state index contributed by atoms with van der Waals surface area (Å²) >= 11 is 0. The van der Waals surface area contributed by atoms with Crippen LogP contribution in [0.4, 0.5) is 20.4 Å². The van der Waals surface area contributed by atoms with Gasteiger partial charge in [0.25, 0.3) is 5.56 Å². The Morgan fingerprint density at radius 1 is 1.10 bits per heavy atom. The molecular formula is C20H20F2N4O5. The molecule has 0 fully saturated rings. The van der Waals surface area contributed by atoms with Crippen LogP contribution in [-0.2, 0) is 13.2 Å². The molecule has 2 aromatic heterocycles. The average molecular weight is 434 g/mol. The quantitative estimate of drug-likeness (QED) is 0.528. The van der Waals surface area contributed by atoms with Gasteiger partial charge < -0.3 is 29.2 Å². The summed E-state index contributed by atoms with van der Waals surface area (Å²) in [6.07, 6.45) is 4.17.